The van der Waals surface area contributed by atoms with Crippen molar-refractivity contribution in [1.29, 1.82) is 0 Å². The number of hydrogen-bond acceptors (Lipinski definition) is 1. The Morgan fingerprint density at radius 2 is 1.90 bits per heavy atom. The van der Waals surface area contributed by atoms with Crippen LogP contribution in [0.15, 0.2) is 54.6 Å². The largest absolute Gasteiger partial charge is 0.340 e. The van der Waals surface area contributed by atoms with Gasteiger partial charge in [0.25, 0.3) is 5.91 Å². The van der Waals surface area contributed by atoms with Gasteiger partial charge in [0.2, 0.25) is 0 Å². The summed E-state index contributed by atoms with van der Waals surface area (Å²) in [7, 11) is 1.88. The van der Waals surface area contributed by atoms with Gasteiger partial charge in [-0.05, 0) is 30.3 Å². The molecule has 4 heteroatoms. The van der Waals surface area contributed by atoms with Crippen molar-refractivity contribution < 1.29 is 4.79 Å². The predicted molar refractivity (Wildman–Crippen MR) is 82.3 cm³/mol. The molecule has 1 heterocycles. The van der Waals surface area contributed by atoms with E-state index in [2.05, 4.69) is 5.32 Å². The average molecular weight is 285 g/mol. The number of aryl methyl sites for hydroxylation is 1. The number of rotatable bonds is 2. The van der Waals surface area contributed by atoms with Gasteiger partial charge in [-0.2, -0.15) is 0 Å². The molecule has 0 bridgehead atoms. The van der Waals surface area contributed by atoms with Gasteiger partial charge in [-0.25, -0.2) is 0 Å². The molecule has 0 aliphatic heterocycles. The summed E-state index contributed by atoms with van der Waals surface area (Å²) in [5.41, 5.74) is 2.34. The van der Waals surface area contributed by atoms with Gasteiger partial charge < -0.3 is 9.88 Å². The zero-order valence-electron chi connectivity index (χ0n) is 10.9. The van der Waals surface area contributed by atoms with Gasteiger partial charge in [0.15, 0.2) is 0 Å². The highest BCUT2D eigenvalue weighted by Gasteiger charge is 2.13. The zero-order chi connectivity index (χ0) is 14.1. The van der Waals surface area contributed by atoms with Gasteiger partial charge in [-0.3, -0.25) is 4.79 Å². The lowest BCUT2D eigenvalue weighted by atomic mass is 10.2. The molecule has 0 unspecified atom stereocenters. The van der Waals surface area contributed by atoms with E-state index in [1.54, 1.807) is 18.2 Å². The molecule has 1 amide bonds. The maximum Gasteiger partial charge on any atom is 0.272 e. The number of carbonyl (C=O) groups excluding carboxylic acids is 1. The van der Waals surface area contributed by atoms with Gasteiger partial charge in [0, 0.05) is 28.7 Å². The van der Waals surface area contributed by atoms with Gasteiger partial charge in [-0.1, -0.05) is 35.9 Å². The van der Waals surface area contributed by atoms with Crippen LogP contribution >= 0.6 is 11.6 Å². The summed E-state index contributed by atoms with van der Waals surface area (Å²) in [6, 6.07) is 16.9. The molecule has 2 aromatic carbocycles. The molecule has 0 saturated carbocycles. The lowest BCUT2D eigenvalue weighted by Gasteiger charge is -2.06. The van der Waals surface area contributed by atoms with Crippen molar-refractivity contribution >= 4 is 34.1 Å². The molecule has 0 atom stereocenters. The maximum absolute atomic E-state index is 12.3. The minimum absolute atomic E-state index is 0.147. The normalized spacial score (nSPS) is 10.7. The number of hydrogen-bond donors (Lipinski definition) is 1. The van der Waals surface area contributed by atoms with Gasteiger partial charge in [-0.15, -0.1) is 0 Å². The standard InChI is InChI=1S/C16H13ClN2O/c1-19-14-8-3-2-5-11(14)9-15(19)16(20)18-13-7-4-6-12(17)10-13/h2-10H,1H3,(H,18,20). The van der Waals surface area contributed by atoms with Crippen molar-refractivity contribution in [2.24, 2.45) is 7.05 Å². The second kappa shape index (κ2) is 5.02. The number of nitrogens with zero attached hydrogens (tertiary/aromatic N) is 1. The summed E-state index contributed by atoms with van der Waals surface area (Å²) in [5.74, 6) is -0.147. The topological polar surface area (TPSA) is 34.0 Å². The molecule has 100 valence electrons. The van der Waals surface area contributed by atoms with Crippen molar-refractivity contribution in [2.75, 3.05) is 5.32 Å². The van der Waals surface area contributed by atoms with E-state index in [4.69, 9.17) is 11.6 Å². The smallest absolute Gasteiger partial charge is 0.272 e. The van der Waals surface area contributed by atoms with Crippen LogP contribution in [0.5, 0.6) is 0 Å². The van der Waals surface area contributed by atoms with Crippen LogP contribution in [0.25, 0.3) is 10.9 Å². The van der Waals surface area contributed by atoms with E-state index in [0.717, 1.165) is 10.9 Å². The van der Waals surface area contributed by atoms with E-state index in [9.17, 15) is 4.79 Å². The molecule has 20 heavy (non-hydrogen) atoms. The van der Waals surface area contributed by atoms with Crippen LogP contribution in [-0.4, -0.2) is 10.5 Å². The summed E-state index contributed by atoms with van der Waals surface area (Å²) in [6.07, 6.45) is 0. The third-order valence-electron chi connectivity index (χ3n) is 3.27. The Balaban J connectivity index is 1.95. The molecule has 0 fully saturated rings. The first-order chi connectivity index (χ1) is 9.65. The molecule has 0 aliphatic rings. The highest BCUT2D eigenvalue weighted by Crippen LogP contribution is 2.20. The van der Waals surface area contributed by atoms with Gasteiger partial charge >= 0.3 is 0 Å². The van der Waals surface area contributed by atoms with Crippen LogP contribution < -0.4 is 5.32 Å². The van der Waals surface area contributed by atoms with Crippen molar-refractivity contribution in [2.45, 2.75) is 0 Å². The number of fused-ring (bicyclic) bond motifs is 1. The highest BCUT2D eigenvalue weighted by atomic mass is 35.5. The SMILES string of the molecule is Cn1c(C(=O)Nc2cccc(Cl)c2)cc2ccccc21. The molecule has 0 radical (unpaired) electrons. The number of aromatic nitrogens is 1. The number of para-hydroxylation sites is 1. The van der Waals surface area contributed by atoms with E-state index >= 15 is 0 Å². The number of amides is 1. The molecule has 3 aromatic rings. The Kier molecular flexibility index (Phi) is 3.20. The molecular formula is C16H13ClN2O. The molecule has 3 rings (SSSR count). The first kappa shape index (κ1) is 12.8. The van der Waals surface area contributed by atoms with Crippen molar-refractivity contribution in [3.8, 4) is 0 Å². The fourth-order valence-electron chi connectivity index (χ4n) is 2.27. The van der Waals surface area contributed by atoms with Crippen LogP contribution in [0, 0.1) is 0 Å². The summed E-state index contributed by atoms with van der Waals surface area (Å²) in [6.45, 7) is 0. The Bertz CT molecular complexity index is 792. The summed E-state index contributed by atoms with van der Waals surface area (Å²) < 4.78 is 1.88. The van der Waals surface area contributed by atoms with Crippen LogP contribution in [0.2, 0.25) is 5.02 Å². The van der Waals surface area contributed by atoms with E-state index in [1.807, 2.05) is 48.0 Å². The van der Waals surface area contributed by atoms with E-state index < -0.39 is 0 Å². The first-order valence-electron chi connectivity index (χ1n) is 6.26. The molecule has 0 saturated heterocycles. The minimum atomic E-state index is -0.147. The Hall–Kier alpha value is -2.26. The van der Waals surface area contributed by atoms with E-state index in [0.29, 0.717) is 16.4 Å². The van der Waals surface area contributed by atoms with Gasteiger partial charge in [0.1, 0.15) is 5.69 Å². The monoisotopic (exact) mass is 284 g/mol. The predicted octanol–water partition coefficient (Wildman–Crippen LogP) is 4.08. The highest BCUT2D eigenvalue weighted by molar-refractivity contribution is 6.31. The first-order valence-corrected chi connectivity index (χ1v) is 6.64. The van der Waals surface area contributed by atoms with Crippen molar-refractivity contribution in [3.63, 3.8) is 0 Å². The summed E-state index contributed by atoms with van der Waals surface area (Å²) in [5, 5.41) is 4.50. The molecule has 1 N–H and O–H groups in total. The van der Waals surface area contributed by atoms with Crippen LogP contribution in [-0.2, 0) is 7.05 Å². The Morgan fingerprint density at radius 1 is 1.10 bits per heavy atom. The number of nitrogens with one attached hydrogen (secondary N) is 1. The molecule has 0 aliphatic carbocycles. The maximum atomic E-state index is 12.3. The summed E-state index contributed by atoms with van der Waals surface area (Å²) in [4.78, 5) is 12.3. The number of anilines is 1. The van der Waals surface area contributed by atoms with Gasteiger partial charge in [0.05, 0.1) is 0 Å². The Morgan fingerprint density at radius 3 is 2.65 bits per heavy atom. The average Bonchev–Trinajstić information content (AvgIpc) is 2.77. The lowest BCUT2D eigenvalue weighted by Crippen LogP contribution is -2.15. The molecular weight excluding hydrogens is 272 g/mol. The second-order valence-corrected chi connectivity index (χ2v) is 5.05. The fourth-order valence-corrected chi connectivity index (χ4v) is 2.46. The van der Waals surface area contributed by atoms with Crippen molar-refractivity contribution in [1.82, 2.24) is 4.57 Å². The zero-order valence-corrected chi connectivity index (χ0v) is 11.7. The molecule has 1 aromatic heterocycles. The quantitative estimate of drug-likeness (QED) is 0.756. The van der Waals surface area contributed by atoms with Crippen molar-refractivity contribution in [3.05, 3.63) is 65.3 Å². The summed E-state index contributed by atoms with van der Waals surface area (Å²) >= 11 is 5.91. The fraction of sp³-hybridized carbons (Fsp3) is 0.0625. The number of halogens is 1. The second-order valence-electron chi connectivity index (χ2n) is 4.61. The van der Waals surface area contributed by atoms with Crippen LogP contribution in [0.1, 0.15) is 10.5 Å². The lowest BCUT2D eigenvalue weighted by molar-refractivity contribution is 0.102. The number of benzene rings is 2. The molecule has 0 spiro atoms. The van der Waals surface area contributed by atoms with E-state index in [1.165, 1.54) is 0 Å². The minimum Gasteiger partial charge on any atom is -0.340 e. The third-order valence-corrected chi connectivity index (χ3v) is 3.50. The molecule has 3 nitrogen and oxygen atoms in total. The third kappa shape index (κ3) is 2.28. The van der Waals surface area contributed by atoms with E-state index in [-0.39, 0.29) is 5.91 Å². The van der Waals surface area contributed by atoms with Crippen LogP contribution in [0.3, 0.4) is 0 Å². The number of carbonyl (C=O) groups is 1. The Labute approximate surface area is 121 Å². The van der Waals surface area contributed by atoms with Crippen LogP contribution in [0.4, 0.5) is 5.69 Å².